The number of phenolic OH excluding ortho intramolecular Hbond substituents is 1. The number of hydrogen-bond acceptors (Lipinski definition) is 3. The zero-order valence-electron chi connectivity index (χ0n) is 15.3. The highest BCUT2D eigenvalue weighted by Crippen LogP contribution is 2.37. The van der Waals surface area contributed by atoms with E-state index in [4.69, 9.17) is 0 Å². The van der Waals surface area contributed by atoms with Crippen LogP contribution in [-0.2, 0) is 11.2 Å². The van der Waals surface area contributed by atoms with Crippen molar-refractivity contribution in [3.63, 3.8) is 0 Å². The summed E-state index contributed by atoms with van der Waals surface area (Å²) in [6, 6.07) is 13.7. The molecule has 2 aliphatic heterocycles. The van der Waals surface area contributed by atoms with Crippen molar-refractivity contribution in [3.05, 3.63) is 70.9 Å². The molecule has 27 heavy (non-hydrogen) atoms. The molecule has 1 atom stereocenters. The fourth-order valence-electron chi connectivity index (χ4n) is 3.60. The number of aryl methyl sites for hydroxylation is 1. The van der Waals surface area contributed by atoms with Gasteiger partial charge in [-0.3, -0.25) is 9.69 Å². The largest absolute Gasteiger partial charge is 0.508 e. The Morgan fingerprint density at radius 1 is 1.07 bits per heavy atom. The molecule has 2 N–H and O–H groups in total. The summed E-state index contributed by atoms with van der Waals surface area (Å²) in [5.41, 5.74) is 4.07. The van der Waals surface area contributed by atoms with Crippen LogP contribution < -0.4 is 10.2 Å². The van der Waals surface area contributed by atoms with E-state index in [0.717, 1.165) is 17.7 Å². The summed E-state index contributed by atoms with van der Waals surface area (Å²) in [5, 5.41) is 12.4. The van der Waals surface area contributed by atoms with Gasteiger partial charge in [0.15, 0.2) is 0 Å². The second kappa shape index (κ2) is 6.46. The average Bonchev–Trinajstić information content (AvgIpc) is 3.03. The van der Waals surface area contributed by atoms with Gasteiger partial charge in [-0.05, 0) is 41.8 Å². The molecule has 0 saturated carbocycles. The molecule has 2 aromatic carbocycles. The van der Waals surface area contributed by atoms with Crippen LogP contribution in [0.3, 0.4) is 0 Å². The second-order valence-electron chi connectivity index (χ2n) is 6.80. The highest BCUT2D eigenvalue weighted by Gasteiger charge is 2.43. The molecule has 138 valence electrons. The summed E-state index contributed by atoms with van der Waals surface area (Å²) < 4.78 is 0. The first kappa shape index (κ1) is 17.1. The van der Waals surface area contributed by atoms with Crippen molar-refractivity contribution in [2.45, 2.75) is 19.4 Å². The van der Waals surface area contributed by atoms with Gasteiger partial charge in [0.25, 0.3) is 5.91 Å². The van der Waals surface area contributed by atoms with E-state index in [1.54, 1.807) is 36.2 Å². The van der Waals surface area contributed by atoms with E-state index in [9.17, 15) is 14.7 Å². The van der Waals surface area contributed by atoms with E-state index in [1.807, 2.05) is 24.3 Å². The minimum Gasteiger partial charge on any atom is -0.508 e. The van der Waals surface area contributed by atoms with Gasteiger partial charge < -0.3 is 15.3 Å². The van der Waals surface area contributed by atoms with Crippen molar-refractivity contribution in [3.8, 4) is 5.75 Å². The summed E-state index contributed by atoms with van der Waals surface area (Å²) in [4.78, 5) is 28.9. The van der Waals surface area contributed by atoms with Gasteiger partial charge in [0, 0.05) is 12.7 Å². The lowest BCUT2D eigenvalue weighted by Gasteiger charge is -2.31. The van der Waals surface area contributed by atoms with E-state index < -0.39 is 6.04 Å². The first-order valence-corrected chi connectivity index (χ1v) is 8.96. The Morgan fingerprint density at radius 3 is 2.37 bits per heavy atom. The molecule has 2 heterocycles. The maximum atomic E-state index is 13.2. The molecule has 6 heteroatoms. The predicted octanol–water partition coefficient (Wildman–Crippen LogP) is 2.95. The summed E-state index contributed by atoms with van der Waals surface area (Å²) in [6.45, 7) is 2.45. The lowest BCUT2D eigenvalue weighted by atomic mass is 9.95. The monoisotopic (exact) mass is 363 g/mol. The molecule has 0 bridgehead atoms. The topological polar surface area (TPSA) is 72.9 Å². The van der Waals surface area contributed by atoms with Crippen molar-refractivity contribution in [1.82, 2.24) is 10.2 Å². The zero-order chi connectivity index (χ0) is 19.1. The maximum Gasteiger partial charge on any atom is 0.322 e. The Hall–Kier alpha value is -3.28. The fourth-order valence-corrected chi connectivity index (χ4v) is 3.60. The average molecular weight is 363 g/mol. The highest BCUT2D eigenvalue weighted by molar-refractivity contribution is 6.11. The Balaban J connectivity index is 1.72. The molecule has 6 nitrogen and oxygen atoms in total. The normalized spacial score (nSPS) is 19.4. The van der Waals surface area contributed by atoms with E-state index in [-0.39, 0.29) is 17.7 Å². The van der Waals surface area contributed by atoms with Crippen LogP contribution in [0.1, 0.15) is 24.1 Å². The summed E-state index contributed by atoms with van der Waals surface area (Å²) >= 11 is 0. The molecule has 0 unspecified atom stereocenters. The summed E-state index contributed by atoms with van der Waals surface area (Å²) in [7, 11) is 1.68. The standard InChI is InChI=1S/C21H21N3O3/c1-3-13-4-8-15(9-5-13)24-12-17-18(20(24)26)19(22-21(27)23(17)2)14-6-10-16(25)11-7-14/h4-11,19,25H,3,12H2,1-2H3,(H,22,27)/t19-/m1/s1. The number of carbonyl (C=O) groups excluding carboxylic acids is 2. The van der Waals surface area contributed by atoms with Crippen LogP contribution in [0.2, 0.25) is 0 Å². The van der Waals surface area contributed by atoms with Crippen LogP contribution >= 0.6 is 0 Å². The van der Waals surface area contributed by atoms with Crippen LogP contribution in [0, 0.1) is 0 Å². The molecular weight excluding hydrogens is 342 g/mol. The van der Waals surface area contributed by atoms with Crippen LogP contribution in [0.5, 0.6) is 5.75 Å². The van der Waals surface area contributed by atoms with Crippen molar-refractivity contribution in [2.24, 2.45) is 0 Å². The molecule has 0 fully saturated rings. The molecule has 4 rings (SSSR count). The number of hydrogen-bond donors (Lipinski definition) is 2. The molecule has 0 spiro atoms. The van der Waals surface area contributed by atoms with E-state index >= 15 is 0 Å². The zero-order valence-corrected chi connectivity index (χ0v) is 15.3. The van der Waals surface area contributed by atoms with Crippen molar-refractivity contribution >= 4 is 17.6 Å². The molecule has 2 aliphatic rings. The third kappa shape index (κ3) is 2.83. The van der Waals surface area contributed by atoms with Gasteiger partial charge in [0.05, 0.1) is 23.9 Å². The third-order valence-electron chi connectivity index (χ3n) is 5.24. The number of benzene rings is 2. The number of rotatable bonds is 3. The predicted molar refractivity (Wildman–Crippen MR) is 102 cm³/mol. The van der Waals surface area contributed by atoms with Crippen molar-refractivity contribution < 1.29 is 14.7 Å². The number of urea groups is 1. The Bertz CT molecular complexity index is 932. The molecule has 3 amide bonds. The van der Waals surface area contributed by atoms with Crippen LogP contribution in [0.25, 0.3) is 0 Å². The van der Waals surface area contributed by atoms with Crippen LogP contribution in [0.4, 0.5) is 10.5 Å². The number of nitrogens with zero attached hydrogens (tertiary/aromatic N) is 2. The minimum absolute atomic E-state index is 0.112. The number of phenols is 1. The molecule has 0 radical (unpaired) electrons. The van der Waals surface area contributed by atoms with Gasteiger partial charge in [-0.25, -0.2) is 4.79 Å². The first-order chi connectivity index (χ1) is 13.0. The third-order valence-corrected chi connectivity index (χ3v) is 5.24. The molecule has 2 aromatic rings. The van der Waals surface area contributed by atoms with Crippen molar-refractivity contribution in [1.29, 1.82) is 0 Å². The molecule has 0 saturated heterocycles. The van der Waals surface area contributed by atoms with Crippen LogP contribution in [0.15, 0.2) is 59.8 Å². The minimum atomic E-state index is -0.531. The van der Waals surface area contributed by atoms with Gasteiger partial charge in [-0.2, -0.15) is 0 Å². The van der Waals surface area contributed by atoms with Gasteiger partial charge in [0.2, 0.25) is 0 Å². The number of amides is 3. The lowest BCUT2D eigenvalue weighted by molar-refractivity contribution is -0.114. The van der Waals surface area contributed by atoms with Gasteiger partial charge in [0.1, 0.15) is 5.75 Å². The second-order valence-corrected chi connectivity index (χ2v) is 6.80. The number of anilines is 1. The fraction of sp³-hybridized carbons (Fsp3) is 0.238. The van der Waals surface area contributed by atoms with E-state index in [1.165, 1.54) is 10.5 Å². The Labute approximate surface area is 157 Å². The van der Waals surface area contributed by atoms with Crippen LogP contribution in [-0.4, -0.2) is 35.5 Å². The first-order valence-electron chi connectivity index (χ1n) is 8.96. The summed E-state index contributed by atoms with van der Waals surface area (Å²) in [6.07, 6.45) is 0.938. The van der Waals surface area contributed by atoms with E-state index in [0.29, 0.717) is 17.8 Å². The number of nitrogens with one attached hydrogen (secondary N) is 1. The Kier molecular flexibility index (Phi) is 4.11. The molecule has 0 aliphatic carbocycles. The quantitative estimate of drug-likeness (QED) is 0.881. The number of carbonyl (C=O) groups is 2. The molecular formula is C21H21N3O3. The number of aromatic hydroxyl groups is 1. The van der Waals surface area contributed by atoms with E-state index in [2.05, 4.69) is 12.2 Å². The van der Waals surface area contributed by atoms with Crippen molar-refractivity contribution in [2.75, 3.05) is 18.5 Å². The Morgan fingerprint density at radius 2 is 1.74 bits per heavy atom. The molecule has 0 aromatic heterocycles. The van der Waals surface area contributed by atoms with Gasteiger partial charge in [-0.1, -0.05) is 31.2 Å². The lowest BCUT2D eigenvalue weighted by Crippen LogP contribution is -2.45. The SMILES string of the molecule is CCc1ccc(N2CC3=C(C2=O)[C@@H](c2ccc(O)cc2)NC(=O)N3C)cc1. The number of likely N-dealkylation sites (N-methyl/N-ethyl adjacent to an activating group) is 1. The van der Waals surface area contributed by atoms with Gasteiger partial charge in [-0.15, -0.1) is 0 Å². The highest BCUT2D eigenvalue weighted by atomic mass is 16.3. The van der Waals surface area contributed by atoms with Gasteiger partial charge >= 0.3 is 6.03 Å². The maximum absolute atomic E-state index is 13.2. The smallest absolute Gasteiger partial charge is 0.322 e. The summed E-state index contributed by atoms with van der Waals surface area (Å²) in [5.74, 6) is 0.0294.